The Morgan fingerprint density at radius 1 is 1.03 bits per heavy atom. The van der Waals surface area contributed by atoms with Crippen LogP contribution in [0.15, 0.2) is 71.8 Å². The van der Waals surface area contributed by atoms with Crippen LogP contribution in [0, 0.1) is 6.92 Å². The molecule has 3 aromatic carbocycles. The lowest BCUT2D eigenvalue weighted by atomic mass is 10.1. The molecule has 0 aliphatic rings. The Bertz CT molecular complexity index is 1300. The second-order valence-electron chi connectivity index (χ2n) is 7.53. The average Bonchev–Trinajstić information content (AvgIpc) is 3.10. The van der Waals surface area contributed by atoms with Crippen molar-refractivity contribution in [2.45, 2.75) is 13.5 Å². The van der Waals surface area contributed by atoms with Crippen molar-refractivity contribution >= 4 is 34.6 Å². The largest absolute Gasteiger partial charge is 0.497 e. The zero-order valence-corrected chi connectivity index (χ0v) is 19.4. The minimum absolute atomic E-state index is 0.356. The fourth-order valence-electron chi connectivity index (χ4n) is 3.76. The van der Waals surface area contributed by atoms with E-state index < -0.39 is 0 Å². The van der Waals surface area contributed by atoms with Gasteiger partial charge in [0, 0.05) is 45.4 Å². The molecule has 4 rings (SSSR count). The second-order valence-corrected chi connectivity index (χ2v) is 7.97. The molecule has 1 amide bonds. The summed E-state index contributed by atoms with van der Waals surface area (Å²) in [4.78, 5) is 12.6. The molecule has 1 N–H and O–H groups in total. The molecule has 168 valence electrons. The van der Waals surface area contributed by atoms with Crippen LogP contribution in [0.3, 0.4) is 0 Å². The highest BCUT2D eigenvalue weighted by Crippen LogP contribution is 2.26. The first-order valence-electron chi connectivity index (χ1n) is 10.4. The van der Waals surface area contributed by atoms with Crippen molar-refractivity contribution in [2.24, 2.45) is 5.10 Å². The number of hydrogen-bond donors (Lipinski definition) is 1. The third-order valence-electron chi connectivity index (χ3n) is 5.51. The van der Waals surface area contributed by atoms with Gasteiger partial charge in [-0.15, -0.1) is 0 Å². The lowest BCUT2D eigenvalue weighted by Gasteiger charge is -2.09. The van der Waals surface area contributed by atoms with Gasteiger partial charge in [-0.05, 0) is 42.8 Å². The number of nitrogens with zero attached hydrogens (tertiary/aromatic N) is 2. The van der Waals surface area contributed by atoms with Gasteiger partial charge in [-0.2, -0.15) is 5.10 Å². The monoisotopic (exact) mass is 461 g/mol. The van der Waals surface area contributed by atoms with Crippen molar-refractivity contribution < 1.29 is 14.3 Å². The molecule has 0 aliphatic carbocycles. The second kappa shape index (κ2) is 9.79. The Balaban J connectivity index is 1.60. The van der Waals surface area contributed by atoms with Gasteiger partial charge in [0.25, 0.3) is 5.91 Å². The van der Waals surface area contributed by atoms with E-state index in [2.05, 4.69) is 27.2 Å². The molecule has 0 unspecified atom stereocenters. The Hall–Kier alpha value is -3.77. The summed E-state index contributed by atoms with van der Waals surface area (Å²) >= 11 is 6.03. The van der Waals surface area contributed by atoms with E-state index in [0.717, 1.165) is 27.7 Å². The van der Waals surface area contributed by atoms with E-state index in [1.54, 1.807) is 24.4 Å². The SMILES string of the molecule is COc1cc(OC)cc(C(=O)N/N=C\c2c(C)n(Cc3ccc(Cl)cc3)c3ccccc23)c1. The predicted molar refractivity (Wildman–Crippen MR) is 132 cm³/mol. The Labute approximate surface area is 197 Å². The topological polar surface area (TPSA) is 64.8 Å². The third-order valence-corrected chi connectivity index (χ3v) is 5.76. The van der Waals surface area contributed by atoms with Gasteiger partial charge in [0.05, 0.1) is 20.4 Å². The molecule has 0 saturated carbocycles. The van der Waals surface area contributed by atoms with Crippen molar-refractivity contribution in [3.05, 3.63) is 94.1 Å². The van der Waals surface area contributed by atoms with Crippen LogP contribution in [0.4, 0.5) is 0 Å². The molecule has 1 heterocycles. The molecule has 0 aliphatic heterocycles. The van der Waals surface area contributed by atoms with Gasteiger partial charge in [0.15, 0.2) is 0 Å². The highest BCUT2D eigenvalue weighted by Gasteiger charge is 2.13. The van der Waals surface area contributed by atoms with Crippen LogP contribution in [0.2, 0.25) is 5.02 Å². The van der Waals surface area contributed by atoms with Crippen molar-refractivity contribution in [3.63, 3.8) is 0 Å². The van der Waals surface area contributed by atoms with Gasteiger partial charge in [-0.1, -0.05) is 41.9 Å². The number of hydrazone groups is 1. The summed E-state index contributed by atoms with van der Waals surface area (Å²) in [7, 11) is 3.08. The summed E-state index contributed by atoms with van der Waals surface area (Å²) in [5.41, 5.74) is 7.23. The number of carbonyl (C=O) groups excluding carboxylic acids is 1. The Kier molecular flexibility index (Phi) is 6.66. The molecule has 0 bridgehead atoms. The molecule has 0 atom stereocenters. The molecular formula is C26H24ClN3O3. The van der Waals surface area contributed by atoms with E-state index in [1.807, 2.05) is 43.3 Å². The third kappa shape index (κ3) is 4.86. The minimum Gasteiger partial charge on any atom is -0.497 e. The molecule has 0 spiro atoms. The number of fused-ring (bicyclic) bond motifs is 1. The average molecular weight is 462 g/mol. The molecule has 0 saturated heterocycles. The van der Waals surface area contributed by atoms with E-state index in [-0.39, 0.29) is 5.91 Å². The molecular weight excluding hydrogens is 438 g/mol. The first kappa shape index (κ1) is 22.4. The standard InChI is InChI=1S/C26H24ClN3O3/c1-17-24(15-28-29-26(31)19-12-21(32-2)14-22(13-19)33-3)23-6-4-5-7-25(23)30(17)16-18-8-10-20(27)11-9-18/h4-15H,16H2,1-3H3,(H,29,31)/b28-15-. The van der Waals surface area contributed by atoms with Crippen molar-refractivity contribution in [2.75, 3.05) is 14.2 Å². The zero-order chi connectivity index (χ0) is 23.4. The smallest absolute Gasteiger partial charge is 0.271 e. The summed E-state index contributed by atoms with van der Waals surface area (Å²) in [5.74, 6) is 0.709. The van der Waals surface area contributed by atoms with Gasteiger partial charge < -0.3 is 14.0 Å². The number of hydrogen-bond acceptors (Lipinski definition) is 4. The number of aromatic nitrogens is 1. The number of benzene rings is 3. The molecule has 6 nitrogen and oxygen atoms in total. The van der Waals surface area contributed by atoms with Gasteiger partial charge in [-0.3, -0.25) is 4.79 Å². The molecule has 4 aromatic rings. The van der Waals surface area contributed by atoms with Crippen LogP contribution < -0.4 is 14.9 Å². The summed E-state index contributed by atoms with van der Waals surface area (Å²) < 4.78 is 12.7. The first-order valence-corrected chi connectivity index (χ1v) is 10.8. The lowest BCUT2D eigenvalue weighted by Crippen LogP contribution is -2.17. The lowest BCUT2D eigenvalue weighted by molar-refractivity contribution is 0.0954. The number of nitrogens with one attached hydrogen (secondary N) is 1. The predicted octanol–water partition coefficient (Wildman–Crippen LogP) is 5.43. The maximum atomic E-state index is 12.6. The van der Waals surface area contributed by atoms with Crippen molar-refractivity contribution in [3.8, 4) is 11.5 Å². The normalized spacial score (nSPS) is 11.2. The molecule has 7 heteroatoms. The van der Waals surface area contributed by atoms with E-state index in [0.29, 0.717) is 28.6 Å². The molecule has 1 aromatic heterocycles. The quantitative estimate of drug-likeness (QED) is 0.294. The maximum Gasteiger partial charge on any atom is 0.271 e. The van der Waals surface area contributed by atoms with Gasteiger partial charge >= 0.3 is 0 Å². The highest BCUT2D eigenvalue weighted by atomic mass is 35.5. The van der Waals surface area contributed by atoms with Crippen LogP contribution >= 0.6 is 11.6 Å². The van der Waals surface area contributed by atoms with E-state index in [1.165, 1.54) is 14.2 Å². The summed E-state index contributed by atoms with van der Waals surface area (Å²) in [6, 6.07) is 20.9. The summed E-state index contributed by atoms with van der Waals surface area (Å²) in [6.07, 6.45) is 1.69. The van der Waals surface area contributed by atoms with E-state index in [9.17, 15) is 4.79 Å². The Morgan fingerprint density at radius 2 is 1.70 bits per heavy atom. The summed E-state index contributed by atoms with van der Waals surface area (Å²) in [5, 5.41) is 6.01. The number of rotatable bonds is 7. The van der Waals surface area contributed by atoms with Crippen LogP contribution in [-0.4, -0.2) is 30.9 Å². The van der Waals surface area contributed by atoms with E-state index in [4.69, 9.17) is 21.1 Å². The number of halogens is 1. The number of methoxy groups -OCH3 is 2. The van der Waals surface area contributed by atoms with Crippen LogP contribution in [0.25, 0.3) is 10.9 Å². The van der Waals surface area contributed by atoms with Gasteiger partial charge in [0.2, 0.25) is 0 Å². The Morgan fingerprint density at radius 3 is 2.36 bits per heavy atom. The number of para-hydroxylation sites is 1. The highest BCUT2D eigenvalue weighted by molar-refractivity contribution is 6.30. The fourth-order valence-corrected chi connectivity index (χ4v) is 3.88. The minimum atomic E-state index is -0.356. The molecule has 33 heavy (non-hydrogen) atoms. The maximum absolute atomic E-state index is 12.6. The molecule has 0 radical (unpaired) electrons. The fraction of sp³-hybridized carbons (Fsp3) is 0.154. The van der Waals surface area contributed by atoms with E-state index >= 15 is 0 Å². The number of carbonyl (C=O) groups is 1. The summed E-state index contributed by atoms with van der Waals surface area (Å²) in [6.45, 7) is 2.75. The van der Waals surface area contributed by atoms with Gasteiger partial charge in [0.1, 0.15) is 11.5 Å². The van der Waals surface area contributed by atoms with Crippen LogP contribution in [0.1, 0.15) is 27.2 Å². The van der Waals surface area contributed by atoms with Crippen LogP contribution in [-0.2, 0) is 6.54 Å². The number of ether oxygens (including phenoxy) is 2. The number of amides is 1. The first-order chi connectivity index (χ1) is 16.0. The van der Waals surface area contributed by atoms with Crippen molar-refractivity contribution in [1.82, 2.24) is 9.99 Å². The van der Waals surface area contributed by atoms with Crippen LogP contribution in [0.5, 0.6) is 11.5 Å². The molecule has 0 fully saturated rings. The van der Waals surface area contributed by atoms with Gasteiger partial charge in [-0.25, -0.2) is 5.43 Å². The zero-order valence-electron chi connectivity index (χ0n) is 18.6. The van der Waals surface area contributed by atoms with Crippen molar-refractivity contribution in [1.29, 1.82) is 0 Å².